The van der Waals surface area contributed by atoms with E-state index in [4.69, 9.17) is 4.52 Å². The molecule has 0 saturated heterocycles. The number of nitrogens with zero attached hydrogens (tertiary/aromatic N) is 4. The summed E-state index contributed by atoms with van der Waals surface area (Å²) in [5.41, 5.74) is 3.32. The van der Waals surface area contributed by atoms with E-state index in [2.05, 4.69) is 27.3 Å². The van der Waals surface area contributed by atoms with Crippen LogP contribution in [0.15, 0.2) is 41.2 Å². The van der Waals surface area contributed by atoms with Crippen LogP contribution < -0.4 is 0 Å². The lowest BCUT2D eigenvalue weighted by Crippen LogP contribution is -2.01. The standard InChI is InChI=1S/C15H16N4O/c1-11-12(2)19(10-16-11)9-15-17-14(18-20-15)8-13-6-4-3-5-7-13/h3-7,10H,8-9H2,1-2H3. The van der Waals surface area contributed by atoms with Gasteiger partial charge in [0.15, 0.2) is 5.82 Å². The second kappa shape index (κ2) is 5.28. The maximum Gasteiger partial charge on any atom is 0.246 e. The molecule has 0 unspecified atom stereocenters. The fourth-order valence-corrected chi connectivity index (χ4v) is 2.05. The van der Waals surface area contributed by atoms with Crippen LogP contribution in [0.1, 0.15) is 28.7 Å². The zero-order chi connectivity index (χ0) is 13.9. The Balaban J connectivity index is 1.72. The minimum absolute atomic E-state index is 0.564. The van der Waals surface area contributed by atoms with Gasteiger partial charge in [0.05, 0.1) is 12.0 Å². The third-order valence-corrected chi connectivity index (χ3v) is 3.37. The zero-order valence-electron chi connectivity index (χ0n) is 11.6. The molecule has 5 heteroatoms. The van der Waals surface area contributed by atoms with Crippen molar-refractivity contribution < 1.29 is 4.52 Å². The van der Waals surface area contributed by atoms with Gasteiger partial charge in [-0.05, 0) is 19.4 Å². The monoisotopic (exact) mass is 268 g/mol. The van der Waals surface area contributed by atoms with Gasteiger partial charge in [-0.2, -0.15) is 4.98 Å². The van der Waals surface area contributed by atoms with E-state index in [0.717, 1.165) is 11.4 Å². The van der Waals surface area contributed by atoms with Crippen molar-refractivity contribution in [2.24, 2.45) is 0 Å². The third kappa shape index (κ3) is 2.61. The predicted molar refractivity (Wildman–Crippen MR) is 74.3 cm³/mol. The first kappa shape index (κ1) is 12.6. The number of imidazole rings is 1. The highest BCUT2D eigenvalue weighted by atomic mass is 16.5. The van der Waals surface area contributed by atoms with E-state index in [0.29, 0.717) is 24.7 Å². The van der Waals surface area contributed by atoms with Gasteiger partial charge in [0.1, 0.15) is 6.54 Å². The molecule has 1 aromatic carbocycles. The fraction of sp³-hybridized carbons (Fsp3) is 0.267. The van der Waals surface area contributed by atoms with Gasteiger partial charge in [-0.1, -0.05) is 35.5 Å². The molecule has 0 aliphatic heterocycles. The highest BCUT2D eigenvalue weighted by Crippen LogP contribution is 2.10. The first-order chi connectivity index (χ1) is 9.72. The molecule has 0 amide bonds. The third-order valence-electron chi connectivity index (χ3n) is 3.37. The van der Waals surface area contributed by atoms with Crippen molar-refractivity contribution >= 4 is 0 Å². The topological polar surface area (TPSA) is 56.7 Å². The number of hydrogen-bond donors (Lipinski definition) is 0. The van der Waals surface area contributed by atoms with Gasteiger partial charge < -0.3 is 9.09 Å². The van der Waals surface area contributed by atoms with E-state index < -0.39 is 0 Å². The van der Waals surface area contributed by atoms with Gasteiger partial charge in [0.2, 0.25) is 5.89 Å². The van der Waals surface area contributed by atoms with Crippen LogP contribution in [0.2, 0.25) is 0 Å². The second-order valence-corrected chi connectivity index (χ2v) is 4.81. The summed E-state index contributed by atoms with van der Waals surface area (Å²) in [4.78, 5) is 8.68. The minimum Gasteiger partial charge on any atom is -0.337 e. The van der Waals surface area contributed by atoms with Crippen LogP contribution in [-0.4, -0.2) is 19.7 Å². The summed E-state index contributed by atoms with van der Waals surface area (Å²) in [5.74, 6) is 1.32. The maximum absolute atomic E-state index is 5.30. The molecular weight excluding hydrogens is 252 g/mol. The summed E-state index contributed by atoms with van der Waals surface area (Å²) in [5, 5.41) is 4.02. The average Bonchev–Trinajstić information content (AvgIpc) is 3.02. The van der Waals surface area contributed by atoms with Crippen molar-refractivity contribution in [2.75, 3.05) is 0 Å². The average molecular weight is 268 g/mol. The summed E-state index contributed by atoms with van der Waals surface area (Å²) < 4.78 is 7.30. The quantitative estimate of drug-likeness (QED) is 0.729. The lowest BCUT2D eigenvalue weighted by atomic mass is 10.1. The Hall–Kier alpha value is -2.43. The summed E-state index contributed by atoms with van der Waals surface area (Å²) in [6, 6.07) is 10.1. The molecule has 0 aliphatic rings. The highest BCUT2D eigenvalue weighted by Gasteiger charge is 2.09. The lowest BCUT2D eigenvalue weighted by Gasteiger charge is -2.00. The lowest BCUT2D eigenvalue weighted by molar-refractivity contribution is 0.366. The van der Waals surface area contributed by atoms with Crippen molar-refractivity contribution in [3.8, 4) is 0 Å². The minimum atomic E-state index is 0.564. The van der Waals surface area contributed by atoms with Crippen LogP contribution in [0.3, 0.4) is 0 Å². The molecule has 5 nitrogen and oxygen atoms in total. The molecule has 0 atom stereocenters. The van der Waals surface area contributed by atoms with Crippen LogP contribution in [0, 0.1) is 13.8 Å². The summed E-state index contributed by atoms with van der Waals surface area (Å²) >= 11 is 0. The molecule has 2 heterocycles. The van der Waals surface area contributed by atoms with Gasteiger partial charge in [0, 0.05) is 12.1 Å². The normalized spacial score (nSPS) is 10.9. The van der Waals surface area contributed by atoms with Crippen LogP contribution in [0.4, 0.5) is 0 Å². The van der Waals surface area contributed by atoms with Crippen molar-refractivity contribution in [1.82, 2.24) is 19.7 Å². The predicted octanol–water partition coefficient (Wildman–Crippen LogP) is 2.52. The molecule has 0 N–H and O–H groups in total. The Kier molecular flexibility index (Phi) is 3.33. The van der Waals surface area contributed by atoms with E-state index in [1.165, 1.54) is 5.56 Å². The van der Waals surface area contributed by atoms with Gasteiger partial charge in [-0.15, -0.1) is 0 Å². The summed E-state index contributed by atoms with van der Waals surface area (Å²) in [7, 11) is 0. The van der Waals surface area contributed by atoms with E-state index in [1.54, 1.807) is 6.33 Å². The molecule has 0 spiro atoms. The Bertz CT molecular complexity index is 700. The molecule has 0 bridgehead atoms. The number of aryl methyl sites for hydroxylation is 1. The summed E-state index contributed by atoms with van der Waals surface area (Å²) in [6.45, 7) is 4.58. The molecule has 0 radical (unpaired) electrons. The molecule has 102 valence electrons. The van der Waals surface area contributed by atoms with Gasteiger partial charge >= 0.3 is 0 Å². The summed E-state index contributed by atoms with van der Waals surface area (Å²) in [6.07, 6.45) is 2.48. The largest absolute Gasteiger partial charge is 0.337 e. The molecule has 3 aromatic rings. The number of benzene rings is 1. The van der Waals surface area contributed by atoms with Crippen LogP contribution >= 0.6 is 0 Å². The van der Waals surface area contributed by atoms with Crippen molar-refractivity contribution in [2.45, 2.75) is 26.8 Å². The van der Waals surface area contributed by atoms with Crippen molar-refractivity contribution in [3.63, 3.8) is 0 Å². The molecule has 0 fully saturated rings. The Morgan fingerprint density at radius 3 is 2.65 bits per heavy atom. The van der Waals surface area contributed by atoms with Crippen LogP contribution in [-0.2, 0) is 13.0 Å². The second-order valence-electron chi connectivity index (χ2n) is 4.81. The number of aromatic nitrogens is 4. The highest BCUT2D eigenvalue weighted by molar-refractivity contribution is 5.18. The molecule has 0 aliphatic carbocycles. The number of rotatable bonds is 4. The van der Waals surface area contributed by atoms with Crippen molar-refractivity contribution in [1.29, 1.82) is 0 Å². The van der Waals surface area contributed by atoms with E-state index in [-0.39, 0.29) is 0 Å². The van der Waals surface area contributed by atoms with Crippen LogP contribution in [0.5, 0.6) is 0 Å². The van der Waals surface area contributed by atoms with E-state index in [1.807, 2.05) is 36.6 Å². The van der Waals surface area contributed by atoms with E-state index in [9.17, 15) is 0 Å². The number of hydrogen-bond acceptors (Lipinski definition) is 4. The van der Waals surface area contributed by atoms with Gasteiger partial charge in [0.25, 0.3) is 0 Å². The fourth-order valence-electron chi connectivity index (χ4n) is 2.05. The molecular formula is C15H16N4O. The van der Waals surface area contributed by atoms with Crippen molar-refractivity contribution in [3.05, 3.63) is 65.3 Å². The Morgan fingerprint density at radius 2 is 1.95 bits per heavy atom. The Labute approximate surface area is 117 Å². The molecule has 2 aromatic heterocycles. The van der Waals surface area contributed by atoms with E-state index >= 15 is 0 Å². The van der Waals surface area contributed by atoms with Gasteiger partial charge in [-0.3, -0.25) is 0 Å². The van der Waals surface area contributed by atoms with Gasteiger partial charge in [-0.25, -0.2) is 4.98 Å². The Morgan fingerprint density at radius 1 is 1.15 bits per heavy atom. The first-order valence-electron chi connectivity index (χ1n) is 6.56. The molecule has 3 rings (SSSR count). The molecule has 20 heavy (non-hydrogen) atoms. The first-order valence-corrected chi connectivity index (χ1v) is 6.56. The molecule has 0 saturated carbocycles. The maximum atomic E-state index is 5.30. The SMILES string of the molecule is Cc1ncn(Cc2nc(Cc3ccccc3)no2)c1C. The smallest absolute Gasteiger partial charge is 0.246 e. The van der Waals surface area contributed by atoms with Crippen LogP contribution in [0.25, 0.3) is 0 Å². The zero-order valence-corrected chi connectivity index (χ0v) is 11.6.